The van der Waals surface area contributed by atoms with Crippen molar-refractivity contribution < 1.29 is 0 Å². The molecular weight excluding hydrogens is 310 g/mol. The van der Waals surface area contributed by atoms with Crippen molar-refractivity contribution in [2.75, 3.05) is 0 Å². The minimum Gasteiger partial charge on any atom is -0.354 e. The molecule has 0 fully saturated rings. The molecule has 0 radical (unpaired) electrons. The van der Waals surface area contributed by atoms with E-state index in [0.717, 1.165) is 15.9 Å². The van der Waals surface area contributed by atoms with Gasteiger partial charge in [0.25, 0.3) is 0 Å². The average Bonchev–Trinajstić information content (AvgIpc) is 2.83. The predicted molar refractivity (Wildman–Crippen MR) is 79.3 cm³/mol. The first-order valence-electron chi connectivity index (χ1n) is 5.81. The minimum absolute atomic E-state index is 0.811. The van der Waals surface area contributed by atoms with Gasteiger partial charge in [-0.25, -0.2) is 0 Å². The molecule has 88 valence electrons. The first-order chi connectivity index (χ1) is 8.72. The summed E-state index contributed by atoms with van der Waals surface area (Å²) in [7, 11) is 0. The largest absolute Gasteiger partial charge is 0.354 e. The third-order valence-corrected chi connectivity index (χ3v) is 4.30. The molecule has 2 aromatic carbocycles. The Morgan fingerprint density at radius 3 is 2.89 bits per heavy atom. The van der Waals surface area contributed by atoms with E-state index >= 15 is 0 Å². The number of hydrogen-bond donors (Lipinski definition) is 1. The first-order valence-corrected chi connectivity index (χ1v) is 6.98. The molecule has 0 bridgehead atoms. The van der Waals surface area contributed by atoms with Crippen molar-refractivity contribution >= 4 is 38.4 Å². The van der Waals surface area contributed by atoms with Crippen LogP contribution in [0.5, 0.6) is 0 Å². The Morgan fingerprint density at radius 2 is 2.00 bits per heavy atom. The summed E-state index contributed by atoms with van der Waals surface area (Å²) in [6.45, 7) is 0. The smallest absolute Gasteiger partial charge is 0.0503 e. The lowest BCUT2D eigenvalue weighted by molar-refractivity contribution is 1.29. The van der Waals surface area contributed by atoms with Gasteiger partial charge in [0, 0.05) is 32.4 Å². The van der Waals surface area contributed by atoms with Crippen molar-refractivity contribution in [2.45, 2.75) is 6.42 Å². The van der Waals surface area contributed by atoms with Gasteiger partial charge in [-0.2, -0.15) is 0 Å². The summed E-state index contributed by atoms with van der Waals surface area (Å²) in [6.07, 6.45) is 0.965. The Bertz CT molecular complexity index is 789. The van der Waals surface area contributed by atoms with Crippen LogP contribution in [0.2, 0.25) is 5.02 Å². The molecule has 1 aliphatic rings. The van der Waals surface area contributed by atoms with E-state index in [1.54, 1.807) is 0 Å². The number of aromatic amines is 1. The Kier molecular flexibility index (Phi) is 2.14. The van der Waals surface area contributed by atoms with E-state index in [0.29, 0.717) is 0 Å². The molecule has 1 N–H and O–H groups in total. The third kappa shape index (κ3) is 1.39. The van der Waals surface area contributed by atoms with Crippen molar-refractivity contribution in [3.05, 3.63) is 57.0 Å². The van der Waals surface area contributed by atoms with Crippen molar-refractivity contribution in [1.82, 2.24) is 4.98 Å². The summed E-state index contributed by atoms with van der Waals surface area (Å²) in [5.74, 6) is 0. The summed E-state index contributed by atoms with van der Waals surface area (Å²) in [4.78, 5) is 3.52. The average molecular weight is 319 g/mol. The van der Waals surface area contributed by atoms with Gasteiger partial charge in [0.05, 0.1) is 5.69 Å². The number of fused-ring (bicyclic) bond motifs is 5. The van der Waals surface area contributed by atoms with Crippen LogP contribution in [-0.2, 0) is 6.42 Å². The lowest BCUT2D eigenvalue weighted by atomic mass is 10.1. The van der Waals surface area contributed by atoms with Crippen LogP contribution in [0.4, 0.5) is 0 Å². The van der Waals surface area contributed by atoms with E-state index in [-0.39, 0.29) is 0 Å². The number of halogens is 2. The molecule has 3 aromatic rings. The van der Waals surface area contributed by atoms with Crippen molar-refractivity contribution in [3.8, 4) is 11.3 Å². The summed E-state index contributed by atoms with van der Waals surface area (Å²) in [6, 6.07) is 12.5. The molecule has 0 spiro atoms. The van der Waals surface area contributed by atoms with Crippen LogP contribution in [0, 0.1) is 0 Å². The Morgan fingerprint density at radius 1 is 1.11 bits per heavy atom. The first kappa shape index (κ1) is 10.7. The normalized spacial score (nSPS) is 12.8. The van der Waals surface area contributed by atoms with Crippen molar-refractivity contribution in [3.63, 3.8) is 0 Å². The molecule has 3 heteroatoms. The van der Waals surface area contributed by atoms with Crippen LogP contribution in [0.15, 0.2) is 40.9 Å². The predicted octanol–water partition coefficient (Wildman–Crippen LogP) is 5.16. The number of nitrogens with one attached hydrogen (secondary N) is 1. The molecule has 0 saturated heterocycles. The topological polar surface area (TPSA) is 15.8 Å². The van der Waals surface area contributed by atoms with E-state index in [2.05, 4.69) is 51.2 Å². The lowest BCUT2D eigenvalue weighted by Crippen LogP contribution is -1.82. The van der Waals surface area contributed by atoms with Gasteiger partial charge in [-0.05, 0) is 35.4 Å². The highest BCUT2D eigenvalue weighted by atomic mass is 79.9. The number of H-pyrrole nitrogens is 1. The second kappa shape index (κ2) is 3.62. The van der Waals surface area contributed by atoms with E-state index in [1.165, 1.54) is 33.3 Å². The molecule has 18 heavy (non-hydrogen) atoms. The maximum atomic E-state index is 6.06. The quantitative estimate of drug-likeness (QED) is 0.461. The third-order valence-electron chi connectivity index (χ3n) is 3.57. The molecular formula is C15H9BrClN. The molecule has 0 amide bonds. The molecule has 0 atom stereocenters. The Labute approximate surface area is 118 Å². The summed E-state index contributed by atoms with van der Waals surface area (Å²) < 4.78 is 1.10. The molecule has 0 aliphatic heterocycles. The van der Waals surface area contributed by atoms with Gasteiger partial charge in [-0.15, -0.1) is 0 Å². The highest BCUT2D eigenvalue weighted by Gasteiger charge is 2.22. The Balaban J connectivity index is 2.04. The van der Waals surface area contributed by atoms with Crippen LogP contribution in [0.25, 0.3) is 22.2 Å². The van der Waals surface area contributed by atoms with Crippen LogP contribution >= 0.6 is 27.5 Å². The lowest BCUT2D eigenvalue weighted by Gasteiger charge is -2.00. The van der Waals surface area contributed by atoms with E-state index < -0.39 is 0 Å². The molecule has 1 nitrogen and oxygen atoms in total. The highest BCUT2D eigenvalue weighted by molar-refractivity contribution is 9.10. The number of aromatic nitrogens is 1. The molecule has 0 unspecified atom stereocenters. The number of hydrogen-bond acceptors (Lipinski definition) is 0. The number of rotatable bonds is 0. The Hall–Kier alpha value is -1.25. The summed E-state index contributed by atoms with van der Waals surface area (Å²) in [5.41, 5.74) is 6.41. The van der Waals surface area contributed by atoms with Gasteiger partial charge in [-0.3, -0.25) is 0 Å². The molecule has 0 saturated carbocycles. The van der Waals surface area contributed by atoms with Crippen LogP contribution < -0.4 is 0 Å². The second-order valence-corrected chi connectivity index (χ2v) is 6.00. The zero-order chi connectivity index (χ0) is 12.3. The van der Waals surface area contributed by atoms with Crippen LogP contribution in [0.3, 0.4) is 0 Å². The van der Waals surface area contributed by atoms with Crippen molar-refractivity contribution in [1.29, 1.82) is 0 Å². The highest BCUT2D eigenvalue weighted by Crippen LogP contribution is 2.41. The second-order valence-electron chi connectivity index (χ2n) is 4.65. The maximum Gasteiger partial charge on any atom is 0.0503 e. The zero-order valence-electron chi connectivity index (χ0n) is 9.43. The fourth-order valence-corrected chi connectivity index (χ4v) is 3.34. The van der Waals surface area contributed by atoms with E-state index in [4.69, 9.17) is 11.6 Å². The fourth-order valence-electron chi connectivity index (χ4n) is 2.78. The number of benzene rings is 2. The maximum absolute atomic E-state index is 6.06. The van der Waals surface area contributed by atoms with E-state index in [1.807, 2.05) is 6.07 Å². The molecule has 4 rings (SSSR count). The molecule has 1 aromatic heterocycles. The van der Waals surface area contributed by atoms with Crippen LogP contribution in [0.1, 0.15) is 11.1 Å². The van der Waals surface area contributed by atoms with Crippen LogP contribution in [-0.4, -0.2) is 4.98 Å². The van der Waals surface area contributed by atoms with Gasteiger partial charge in [0.1, 0.15) is 0 Å². The monoisotopic (exact) mass is 317 g/mol. The van der Waals surface area contributed by atoms with Gasteiger partial charge in [-0.1, -0.05) is 39.7 Å². The SMILES string of the molecule is Clc1ccc2c(c1)Cc1c-2[nH]c2cc(Br)ccc12. The standard InChI is InChI=1S/C15H9BrClN/c16-9-1-3-12-13-6-8-5-10(17)2-4-11(8)15(13)18-14(12)7-9/h1-5,7,18H,6H2. The van der Waals surface area contributed by atoms with E-state index in [9.17, 15) is 0 Å². The fraction of sp³-hybridized carbons (Fsp3) is 0.0667. The van der Waals surface area contributed by atoms with Gasteiger partial charge < -0.3 is 4.98 Å². The minimum atomic E-state index is 0.811. The van der Waals surface area contributed by atoms with Gasteiger partial charge in [0.2, 0.25) is 0 Å². The van der Waals surface area contributed by atoms with Crippen molar-refractivity contribution in [2.24, 2.45) is 0 Å². The molecule has 1 heterocycles. The molecule has 1 aliphatic carbocycles. The summed E-state index contributed by atoms with van der Waals surface area (Å²) in [5, 5.41) is 2.12. The zero-order valence-corrected chi connectivity index (χ0v) is 11.8. The van der Waals surface area contributed by atoms with Gasteiger partial charge in [0.15, 0.2) is 0 Å². The summed E-state index contributed by atoms with van der Waals surface area (Å²) >= 11 is 9.57. The van der Waals surface area contributed by atoms with Gasteiger partial charge >= 0.3 is 0 Å².